The zero-order valence-electron chi connectivity index (χ0n) is 32.5. The Balaban J connectivity index is 0.000000168. The molecule has 0 spiro atoms. The van der Waals surface area contributed by atoms with Crippen LogP contribution in [0.5, 0.6) is 23.0 Å². The maximum atomic E-state index is 12.3. The van der Waals surface area contributed by atoms with Crippen LogP contribution in [0.4, 0.5) is 0 Å². The Morgan fingerprint density at radius 1 is 0.855 bits per heavy atom. The summed E-state index contributed by atoms with van der Waals surface area (Å²) in [5.41, 5.74) is 4.80. The lowest BCUT2D eigenvalue weighted by Gasteiger charge is -2.69. The first-order chi connectivity index (χ1) is 25.6. The average Bonchev–Trinajstić information content (AvgIpc) is 3.42. The number of benzene rings is 2. The maximum absolute atomic E-state index is 12.3. The number of carbonyl (C=O) groups is 2. The van der Waals surface area contributed by atoms with E-state index in [4.69, 9.17) is 4.74 Å². The number of aromatic hydroxyl groups is 4. The fraction of sp³-hybridized carbons (Fsp3) is 0.511. The molecule has 10 nitrogen and oxygen atoms in total. The Kier molecular flexibility index (Phi) is 7.90. The van der Waals surface area contributed by atoms with Gasteiger partial charge in [-0.1, -0.05) is 39.3 Å². The number of carboxylic acids is 1. The van der Waals surface area contributed by atoms with E-state index in [9.17, 15) is 45.3 Å². The summed E-state index contributed by atoms with van der Waals surface area (Å²) in [4.78, 5) is 23.8. The molecule has 2 aromatic rings. The summed E-state index contributed by atoms with van der Waals surface area (Å²) in [6.07, 6.45) is 12.9. The van der Waals surface area contributed by atoms with Crippen molar-refractivity contribution in [3.63, 3.8) is 0 Å². The fourth-order valence-electron chi connectivity index (χ4n) is 12.2. The second-order valence-electron chi connectivity index (χ2n) is 18.7. The highest BCUT2D eigenvalue weighted by atomic mass is 16.5. The molecule has 7 atom stereocenters. The molecule has 0 saturated heterocycles. The van der Waals surface area contributed by atoms with Crippen LogP contribution >= 0.6 is 0 Å². The summed E-state index contributed by atoms with van der Waals surface area (Å²) >= 11 is 0. The molecular weight excluding hydrogens is 700 g/mol. The predicted molar refractivity (Wildman–Crippen MR) is 205 cm³/mol. The molecule has 3 fully saturated rings. The first kappa shape index (κ1) is 37.2. The van der Waals surface area contributed by atoms with E-state index in [-0.39, 0.29) is 63.4 Å². The molecule has 1 aliphatic heterocycles. The van der Waals surface area contributed by atoms with Crippen molar-refractivity contribution >= 4 is 17.3 Å². The molecule has 292 valence electrons. The summed E-state index contributed by atoms with van der Waals surface area (Å²) in [5.74, 6) is -1.86. The van der Waals surface area contributed by atoms with Crippen LogP contribution in [0.3, 0.4) is 0 Å². The number of ketones is 1. The van der Waals surface area contributed by atoms with Gasteiger partial charge in [-0.25, -0.2) is 0 Å². The highest BCUT2D eigenvalue weighted by Gasteiger charge is 2.67. The number of carboxylic acid groups (broad SMARTS) is 1. The van der Waals surface area contributed by atoms with E-state index in [0.717, 1.165) is 62.5 Å². The minimum atomic E-state index is -1.33. The van der Waals surface area contributed by atoms with E-state index in [2.05, 4.69) is 33.8 Å². The van der Waals surface area contributed by atoms with Gasteiger partial charge < -0.3 is 40.5 Å². The van der Waals surface area contributed by atoms with Crippen LogP contribution in [-0.4, -0.2) is 59.7 Å². The van der Waals surface area contributed by atoms with E-state index >= 15 is 0 Å². The molecule has 9 rings (SSSR count). The van der Waals surface area contributed by atoms with Crippen molar-refractivity contribution in [2.75, 3.05) is 6.61 Å². The number of hydrogen-bond acceptors (Lipinski definition) is 9. The zero-order chi connectivity index (χ0) is 39.8. The van der Waals surface area contributed by atoms with Crippen molar-refractivity contribution in [1.82, 2.24) is 0 Å². The number of allylic oxidation sites excluding steroid dienone is 4. The lowest BCUT2D eigenvalue weighted by molar-refractivity contribution is -0.177. The predicted octanol–water partition coefficient (Wildman–Crippen LogP) is 7.72. The number of phenols is 4. The van der Waals surface area contributed by atoms with Crippen LogP contribution in [0.1, 0.15) is 107 Å². The van der Waals surface area contributed by atoms with Gasteiger partial charge in [-0.15, -0.1) is 0 Å². The van der Waals surface area contributed by atoms with Gasteiger partial charge in [0.15, 0.2) is 28.8 Å². The van der Waals surface area contributed by atoms with Gasteiger partial charge in [0.2, 0.25) is 11.5 Å². The van der Waals surface area contributed by atoms with E-state index in [0.29, 0.717) is 28.2 Å². The molecule has 7 aliphatic rings. The standard InChI is InChI=1S/C29H40O4.C16H12O6/c1-17-18-7-8-21-27(4,19(18)15-20(30)23(17)31)12-14-29(6)22-16-26(3,24(32)33)10-9-25(22,2)11-13-28(21,29)5;17-10-2-1-8-13-9-4-12(19)11(18)3-7(9)5-16(13,21)6-22-15(8)14(10)20/h8,15,22,30-31H,7,9-14,16H2,1-6H3,(H,32,33);1-4,18-21H,5-6H2. The third-order valence-corrected chi connectivity index (χ3v) is 15.8. The number of fused-ring (bicyclic) bond motifs is 11. The molecule has 10 heteroatoms. The van der Waals surface area contributed by atoms with Gasteiger partial charge in [0.05, 0.1) is 5.41 Å². The highest BCUT2D eigenvalue weighted by Crippen LogP contribution is 2.74. The Morgan fingerprint density at radius 2 is 1.55 bits per heavy atom. The first-order valence-electron chi connectivity index (χ1n) is 19.4. The van der Waals surface area contributed by atoms with Crippen LogP contribution in [0.15, 0.2) is 59.1 Å². The summed E-state index contributed by atoms with van der Waals surface area (Å²) in [5, 5.41) is 71.0. The highest BCUT2D eigenvalue weighted by molar-refractivity contribution is 6.06. The van der Waals surface area contributed by atoms with Crippen molar-refractivity contribution in [2.24, 2.45) is 27.6 Å². The molecule has 0 aromatic heterocycles. The van der Waals surface area contributed by atoms with E-state index < -0.39 is 28.5 Å². The number of aliphatic hydroxyl groups excluding tert-OH is 1. The molecule has 0 amide bonds. The third-order valence-electron chi connectivity index (χ3n) is 15.8. The largest absolute Gasteiger partial charge is 0.504 e. The maximum Gasteiger partial charge on any atom is 0.309 e. The second-order valence-corrected chi connectivity index (χ2v) is 18.7. The molecule has 7 unspecified atom stereocenters. The molecular formula is C45H52O10. The van der Waals surface area contributed by atoms with Gasteiger partial charge in [-0.2, -0.15) is 0 Å². The average molecular weight is 753 g/mol. The topological polar surface area (TPSA) is 185 Å². The normalized spacial score (nSPS) is 36.7. The second kappa shape index (κ2) is 11.7. The van der Waals surface area contributed by atoms with E-state index in [1.165, 1.54) is 35.4 Å². The van der Waals surface area contributed by atoms with E-state index in [1.807, 2.05) is 19.9 Å². The van der Waals surface area contributed by atoms with Gasteiger partial charge in [-0.3, -0.25) is 9.59 Å². The SMILES string of the molecule is Cc1c(O)c(O)cc2c1CC=C1C2(C)CCC2(C)C3CC(C)(C(=O)O)CCC3(C)CCC12C.O=C1C=CC2=C3c4cc(O)c(O)cc4CC3(O)COC2=C1O. The fourth-order valence-corrected chi connectivity index (χ4v) is 12.2. The molecule has 7 N–H and O–H groups in total. The number of aliphatic hydroxyl groups is 2. The molecule has 0 radical (unpaired) electrons. The Morgan fingerprint density at radius 3 is 2.25 bits per heavy atom. The Labute approximate surface area is 321 Å². The van der Waals surface area contributed by atoms with Crippen molar-refractivity contribution in [2.45, 2.75) is 110 Å². The van der Waals surface area contributed by atoms with Crippen LogP contribution in [0.25, 0.3) is 5.57 Å². The van der Waals surface area contributed by atoms with Crippen LogP contribution in [0, 0.1) is 34.5 Å². The van der Waals surface area contributed by atoms with Gasteiger partial charge in [0, 0.05) is 23.0 Å². The quantitative estimate of drug-likeness (QED) is 0.112. The number of ether oxygens (including phenoxy) is 1. The molecule has 2 aromatic carbocycles. The summed E-state index contributed by atoms with van der Waals surface area (Å²) < 4.78 is 5.40. The van der Waals surface area contributed by atoms with Crippen molar-refractivity contribution in [1.29, 1.82) is 0 Å². The van der Waals surface area contributed by atoms with E-state index in [1.54, 1.807) is 0 Å². The van der Waals surface area contributed by atoms with Crippen molar-refractivity contribution in [3.05, 3.63) is 86.9 Å². The molecule has 0 bridgehead atoms. The van der Waals surface area contributed by atoms with Crippen LogP contribution < -0.4 is 0 Å². The molecule has 6 aliphatic carbocycles. The Hall–Kier alpha value is -4.70. The number of rotatable bonds is 1. The molecule has 55 heavy (non-hydrogen) atoms. The van der Waals surface area contributed by atoms with Gasteiger partial charge >= 0.3 is 5.97 Å². The van der Waals surface area contributed by atoms with Crippen molar-refractivity contribution in [3.8, 4) is 23.0 Å². The lowest BCUT2D eigenvalue weighted by atomic mass is 9.34. The number of aliphatic carboxylic acids is 1. The number of hydrogen-bond donors (Lipinski definition) is 7. The summed E-state index contributed by atoms with van der Waals surface area (Å²) in [7, 11) is 0. The van der Waals surface area contributed by atoms with Crippen LogP contribution in [-0.2, 0) is 32.6 Å². The minimum Gasteiger partial charge on any atom is -0.504 e. The number of phenolic OH excluding ortho intramolecular Hbond substituents is 4. The molecule has 3 saturated carbocycles. The lowest BCUT2D eigenvalue weighted by Crippen LogP contribution is -2.62. The summed E-state index contributed by atoms with van der Waals surface area (Å²) in [6, 6.07) is 4.58. The molecule has 1 heterocycles. The van der Waals surface area contributed by atoms with Gasteiger partial charge in [0.25, 0.3) is 0 Å². The minimum absolute atomic E-state index is 0.00431. The summed E-state index contributed by atoms with van der Waals surface area (Å²) in [6.45, 7) is 13.4. The third kappa shape index (κ3) is 4.95. The number of carbonyl (C=O) groups excluding carboxylic acids is 1. The van der Waals surface area contributed by atoms with Crippen LogP contribution in [0.2, 0.25) is 0 Å². The Bertz CT molecular complexity index is 2230. The van der Waals surface area contributed by atoms with Crippen molar-refractivity contribution < 1.29 is 50.1 Å². The smallest absolute Gasteiger partial charge is 0.309 e. The zero-order valence-corrected chi connectivity index (χ0v) is 32.5. The monoisotopic (exact) mass is 752 g/mol. The first-order valence-corrected chi connectivity index (χ1v) is 19.4. The van der Waals surface area contributed by atoms with Gasteiger partial charge in [0.1, 0.15) is 12.2 Å². The van der Waals surface area contributed by atoms with Gasteiger partial charge in [-0.05, 0) is 146 Å².